The van der Waals surface area contributed by atoms with E-state index in [1.54, 1.807) is 12.1 Å². The summed E-state index contributed by atoms with van der Waals surface area (Å²) in [4.78, 5) is 18.0. The highest BCUT2D eigenvalue weighted by Crippen LogP contribution is 2.19. The lowest BCUT2D eigenvalue weighted by atomic mass is 9.95. The molecule has 1 saturated heterocycles. The molecule has 26 heavy (non-hydrogen) atoms. The van der Waals surface area contributed by atoms with Crippen molar-refractivity contribution in [3.05, 3.63) is 29.3 Å². The van der Waals surface area contributed by atoms with E-state index < -0.39 is 0 Å². The van der Waals surface area contributed by atoms with Crippen LogP contribution in [0.25, 0.3) is 0 Å². The first-order valence-electron chi connectivity index (χ1n) is 8.78. The third-order valence-corrected chi connectivity index (χ3v) is 4.33. The third kappa shape index (κ3) is 7.99. The van der Waals surface area contributed by atoms with Crippen LogP contribution in [0.1, 0.15) is 26.2 Å². The van der Waals surface area contributed by atoms with E-state index in [9.17, 15) is 4.79 Å². The smallest absolute Gasteiger partial charge is 0.217 e. The van der Waals surface area contributed by atoms with Crippen LogP contribution in [-0.2, 0) is 4.79 Å². The molecule has 8 heteroatoms. The molecule has 1 fully saturated rings. The zero-order valence-corrected chi connectivity index (χ0v) is 18.2. The van der Waals surface area contributed by atoms with Crippen molar-refractivity contribution in [2.24, 2.45) is 16.6 Å². The number of amides is 1. The number of hydrogen-bond acceptors (Lipinski definition) is 3. The van der Waals surface area contributed by atoms with Crippen LogP contribution in [0.15, 0.2) is 29.3 Å². The first-order valence-corrected chi connectivity index (χ1v) is 9.16. The predicted octanol–water partition coefficient (Wildman–Crippen LogP) is 2.89. The highest BCUT2D eigenvalue weighted by atomic mass is 127. The summed E-state index contributed by atoms with van der Waals surface area (Å²) in [5.41, 5.74) is 5.34. The monoisotopic (exact) mass is 494 g/mol. The minimum atomic E-state index is -0.231. The number of piperidine rings is 1. The number of primary amides is 1. The van der Waals surface area contributed by atoms with Gasteiger partial charge in [0.2, 0.25) is 5.91 Å². The SMILES string of the molecule is CCNC(=NCCOc1ccc(Cl)cc1)N1CCCC(CC(N)=O)C1.I. The molecule has 146 valence electrons. The molecule has 1 unspecified atom stereocenters. The van der Waals surface area contributed by atoms with E-state index in [0.29, 0.717) is 30.5 Å². The zero-order chi connectivity index (χ0) is 18.1. The molecule has 3 N–H and O–H groups in total. The number of guanidine groups is 1. The van der Waals surface area contributed by atoms with Crippen LogP contribution in [-0.4, -0.2) is 49.6 Å². The molecule has 1 aliphatic rings. The fraction of sp³-hybridized carbons (Fsp3) is 0.556. The largest absolute Gasteiger partial charge is 0.492 e. The van der Waals surface area contributed by atoms with Gasteiger partial charge in [0, 0.05) is 31.1 Å². The van der Waals surface area contributed by atoms with Crippen molar-refractivity contribution in [2.75, 3.05) is 32.8 Å². The Hall–Kier alpha value is -1.22. The number of ether oxygens (including phenoxy) is 1. The van der Waals surface area contributed by atoms with Gasteiger partial charge >= 0.3 is 0 Å². The molecule has 1 atom stereocenters. The zero-order valence-electron chi connectivity index (χ0n) is 15.1. The molecule has 1 aromatic carbocycles. The molecule has 1 amide bonds. The van der Waals surface area contributed by atoms with Crippen molar-refractivity contribution in [2.45, 2.75) is 26.2 Å². The number of carbonyl (C=O) groups is 1. The number of benzene rings is 1. The molecule has 0 aliphatic carbocycles. The fourth-order valence-electron chi connectivity index (χ4n) is 2.98. The summed E-state index contributed by atoms with van der Waals surface area (Å²) in [5, 5.41) is 4.01. The number of nitrogens with two attached hydrogens (primary N) is 1. The molecule has 0 aromatic heterocycles. The Kier molecular flexibility index (Phi) is 10.7. The second-order valence-electron chi connectivity index (χ2n) is 6.16. The summed E-state index contributed by atoms with van der Waals surface area (Å²) in [6.45, 7) is 5.65. The summed E-state index contributed by atoms with van der Waals surface area (Å²) < 4.78 is 5.68. The van der Waals surface area contributed by atoms with E-state index in [1.165, 1.54) is 0 Å². The molecular formula is C18H28ClIN4O2. The number of nitrogens with zero attached hydrogens (tertiary/aromatic N) is 2. The Balaban J connectivity index is 0.00000338. The standard InChI is InChI=1S/C18H27ClN4O2.HI/c1-2-21-18(23-10-3-4-14(13-23)12-17(20)24)22-9-11-25-16-7-5-15(19)6-8-16;/h5-8,14H,2-4,9-13H2,1H3,(H2,20,24)(H,21,22);1H. The first kappa shape index (κ1) is 22.8. The van der Waals surface area contributed by atoms with Gasteiger partial charge in [0.05, 0.1) is 6.54 Å². The summed E-state index contributed by atoms with van der Waals surface area (Å²) in [6, 6.07) is 7.29. The first-order chi connectivity index (χ1) is 12.1. The van der Waals surface area contributed by atoms with Crippen LogP contribution >= 0.6 is 35.6 Å². The quantitative estimate of drug-likeness (QED) is 0.264. The fourth-order valence-corrected chi connectivity index (χ4v) is 3.11. The van der Waals surface area contributed by atoms with E-state index in [2.05, 4.69) is 15.2 Å². The highest BCUT2D eigenvalue weighted by Gasteiger charge is 2.23. The van der Waals surface area contributed by atoms with E-state index in [-0.39, 0.29) is 29.9 Å². The van der Waals surface area contributed by atoms with Crippen molar-refractivity contribution in [1.29, 1.82) is 0 Å². The molecule has 0 saturated carbocycles. The van der Waals surface area contributed by atoms with Crippen LogP contribution in [0.3, 0.4) is 0 Å². The van der Waals surface area contributed by atoms with Crippen molar-refractivity contribution in [1.82, 2.24) is 10.2 Å². The Morgan fingerprint density at radius 1 is 1.42 bits per heavy atom. The van der Waals surface area contributed by atoms with Gasteiger partial charge in [-0.1, -0.05) is 11.6 Å². The maximum Gasteiger partial charge on any atom is 0.217 e. The van der Waals surface area contributed by atoms with Crippen LogP contribution < -0.4 is 15.8 Å². The van der Waals surface area contributed by atoms with Gasteiger partial charge in [-0.15, -0.1) is 24.0 Å². The Bertz CT molecular complexity index is 583. The number of nitrogens with one attached hydrogen (secondary N) is 1. The van der Waals surface area contributed by atoms with Crippen LogP contribution in [0.4, 0.5) is 0 Å². The van der Waals surface area contributed by atoms with Gasteiger partial charge in [-0.2, -0.15) is 0 Å². The number of likely N-dealkylation sites (tertiary alicyclic amines) is 1. The maximum absolute atomic E-state index is 11.2. The molecule has 1 heterocycles. The number of halogens is 2. The second kappa shape index (κ2) is 12.2. The molecule has 1 aliphatic heterocycles. The summed E-state index contributed by atoms with van der Waals surface area (Å²) in [6.07, 6.45) is 2.53. The second-order valence-corrected chi connectivity index (χ2v) is 6.60. The van der Waals surface area contributed by atoms with E-state index >= 15 is 0 Å². The average molecular weight is 495 g/mol. The molecule has 1 aromatic rings. The Morgan fingerprint density at radius 3 is 2.81 bits per heavy atom. The normalized spacial score (nSPS) is 17.4. The highest BCUT2D eigenvalue weighted by molar-refractivity contribution is 14.0. The van der Waals surface area contributed by atoms with E-state index in [1.807, 2.05) is 19.1 Å². The lowest BCUT2D eigenvalue weighted by Gasteiger charge is -2.34. The molecule has 2 rings (SSSR count). The summed E-state index contributed by atoms with van der Waals surface area (Å²) >= 11 is 5.86. The number of aliphatic imine (C=N–C) groups is 1. The Labute approximate surface area is 177 Å². The Morgan fingerprint density at radius 2 is 2.15 bits per heavy atom. The van der Waals surface area contributed by atoms with Crippen molar-refractivity contribution < 1.29 is 9.53 Å². The van der Waals surface area contributed by atoms with Crippen LogP contribution in [0.5, 0.6) is 5.75 Å². The third-order valence-electron chi connectivity index (χ3n) is 4.08. The molecule has 6 nitrogen and oxygen atoms in total. The molecule has 0 spiro atoms. The molecular weight excluding hydrogens is 467 g/mol. The summed E-state index contributed by atoms with van der Waals surface area (Å²) in [7, 11) is 0. The molecule has 0 radical (unpaired) electrons. The lowest BCUT2D eigenvalue weighted by molar-refractivity contribution is -0.119. The number of rotatable bonds is 7. The van der Waals surface area contributed by atoms with Gasteiger partial charge in [0.15, 0.2) is 5.96 Å². The van der Waals surface area contributed by atoms with Crippen molar-refractivity contribution in [3.63, 3.8) is 0 Å². The van der Waals surface area contributed by atoms with Gasteiger partial charge in [-0.05, 0) is 49.9 Å². The molecule has 0 bridgehead atoms. The van der Waals surface area contributed by atoms with E-state index in [0.717, 1.165) is 44.2 Å². The maximum atomic E-state index is 11.2. The minimum Gasteiger partial charge on any atom is -0.492 e. The number of hydrogen-bond donors (Lipinski definition) is 2. The van der Waals surface area contributed by atoms with Crippen molar-refractivity contribution in [3.8, 4) is 5.75 Å². The van der Waals surface area contributed by atoms with Gasteiger partial charge in [-0.3, -0.25) is 4.79 Å². The predicted molar refractivity (Wildman–Crippen MR) is 116 cm³/mol. The van der Waals surface area contributed by atoms with Gasteiger partial charge < -0.3 is 20.7 Å². The van der Waals surface area contributed by atoms with Crippen molar-refractivity contribution >= 4 is 47.4 Å². The van der Waals surface area contributed by atoms with Gasteiger partial charge in [-0.25, -0.2) is 4.99 Å². The van der Waals surface area contributed by atoms with Gasteiger partial charge in [0.25, 0.3) is 0 Å². The van der Waals surface area contributed by atoms with Crippen LogP contribution in [0.2, 0.25) is 5.02 Å². The number of carbonyl (C=O) groups excluding carboxylic acids is 1. The lowest BCUT2D eigenvalue weighted by Crippen LogP contribution is -2.47. The van der Waals surface area contributed by atoms with Gasteiger partial charge in [0.1, 0.15) is 12.4 Å². The van der Waals surface area contributed by atoms with E-state index in [4.69, 9.17) is 22.1 Å². The summed E-state index contributed by atoms with van der Waals surface area (Å²) in [5.74, 6) is 1.73. The van der Waals surface area contributed by atoms with Crippen LogP contribution in [0, 0.1) is 5.92 Å². The topological polar surface area (TPSA) is 80.0 Å². The average Bonchev–Trinajstić information content (AvgIpc) is 2.59. The minimum absolute atomic E-state index is 0.